The van der Waals surface area contributed by atoms with Crippen molar-refractivity contribution in [2.75, 3.05) is 18.0 Å². The van der Waals surface area contributed by atoms with Crippen LogP contribution in [0.5, 0.6) is 11.8 Å². The van der Waals surface area contributed by atoms with Gasteiger partial charge < -0.3 is 9.64 Å². The highest BCUT2D eigenvalue weighted by Gasteiger charge is 2.45. The molecule has 7 nitrogen and oxygen atoms in total. The number of carbonyl (C=O) groups excluding carboxylic acids is 2. The Morgan fingerprint density at radius 2 is 1.97 bits per heavy atom. The van der Waals surface area contributed by atoms with E-state index in [0.717, 1.165) is 24.8 Å². The van der Waals surface area contributed by atoms with Gasteiger partial charge in [-0.15, -0.1) is 0 Å². The van der Waals surface area contributed by atoms with Gasteiger partial charge in [-0.25, -0.2) is 4.39 Å². The molecular weight excluding hydrogens is 471 g/mol. The highest BCUT2D eigenvalue weighted by molar-refractivity contribution is 6.30. The van der Waals surface area contributed by atoms with Gasteiger partial charge in [0.05, 0.1) is 6.54 Å². The summed E-state index contributed by atoms with van der Waals surface area (Å²) in [4.78, 5) is 35.3. The van der Waals surface area contributed by atoms with Crippen LogP contribution < -0.4 is 9.64 Å². The Bertz CT molecular complexity index is 1260. The fourth-order valence-electron chi connectivity index (χ4n) is 4.68. The second-order valence-corrected chi connectivity index (χ2v) is 9.28. The largest absolute Gasteiger partial charge is 0.425 e. The van der Waals surface area contributed by atoms with Crippen LogP contribution in [0, 0.1) is 5.82 Å². The number of hydrogen-bond acceptors (Lipinski definition) is 5. The quantitative estimate of drug-likeness (QED) is 0.417. The number of nitrogens with zero attached hydrogens (tertiary/aromatic N) is 4. The maximum absolute atomic E-state index is 13.9. The molecule has 3 aromatic rings. The van der Waals surface area contributed by atoms with E-state index in [2.05, 4.69) is 0 Å². The molecule has 2 aromatic carbocycles. The lowest BCUT2D eigenvalue weighted by Gasteiger charge is -2.25. The predicted molar refractivity (Wildman–Crippen MR) is 131 cm³/mol. The van der Waals surface area contributed by atoms with Crippen LogP contribution in [-0.4, -0.2) is 45.4 Å². The third-order valence-electron chi connectivity index (χ3n) is 6.43. The molecule has 1 saturated heterocycles. The van der Waals surface area contributed by atoms with Crippen LogP contribution in [0.25, 0.3) is 0 Å². The zero-order chi connectivity index (χ0) is 24.5. The third-order valence-corrected chi connectivity index (χ3v) is 6.67. The average molecular weight is 497 g/mol. The van der Waals surface area contributed by atoms with E-state index in [0.29, 0.717) is 41.8 Å². The summed E-state index contributed by atoms with van der Waals surface area (Å²) in [5.74, 6) is 0.0141. The Balaban J connectivity index is 1.65. The normalized spacial score (nSPS) is 17.4. The summed E-state index contributed by atoms with van der Waals surface area (Å²) < 4.78 is 21.4. The van der Waals surface area contributed by atoms with Crippen LogP contribution in [0.15, 0.2) is 48.5 Å². The molecule has 1 unspecified atom stereocenters. The Kier molecular flexibility index (Phi) is 6.47. The van der Waals surface area contributed by atoms with Crippen molar-refractivity contribution in [3.05, 3.63) is 70.6 Å². The standard InChI is InChI=1S/C26H26ClFN4O3/c1-2-3-13-31-24(33)21-8-5-14-30(21)23-22(25(31)34)32(16-17-9-11-19(28)12-10-17)26(29-23)35-20-7-4-6-18(27)15-20/h4,6-7,9-12,15,21H,2-3,5,8,13-14,16H2,1H3. The molecule has 1 fully saturated rings. The van der Waals surface area contributed by atoms with Gasteiger partial charge in [0.2, 0.25) is 0 Å². The molecule has 9 heteroatoms. The van der Waals surface area contributed by atoms with Crippen LogP contribution in [0.1, 0.15) is 48.7 Å². The number of carbonyl (C=O) groups is 2. The molecule has 2 aliphatic rings. The number of fused-ring (bicyclic) bond motifs is 3. The van der Waals surface area contributed by atoms with E-state index in [4.69, 9.17) is 21.3 Å². The summed E-state index contributed by atoms with van der Waals surface area (Å²) in [6.07, 6.45) is 3.08. The van der Waals surface area contributed by atoms with Crippen LogP contribution in [0.4, 0.5) is 10.2 Å². The molecule has 0 N–H and O–H groups in total. The van der Waals surface area contributed by atoms with Gasteiger partial charge in [-0.3, -0.25) is 19.1 Å². The lowest BCUT2D eigenvalue weighted by atomic mass is 10.2. The smallest absolute Gasteiger partial charge is 0.304 e. The topological polar surface area (TPSA) is 67.7 Å². The molecule has 182 valence electrons. The van der Waals surface area contributed by atoms with Crippen molar-refractivity contribution in [2.24, 2.45) is 0 Å². The molecule has 2 aliphatic heterocycles. The highest BCUT2D eigenvalue weighted by atomic mass is 35.5. The Morgan fingerprint density at radius 3 is 2.71 bits per heavy atom. The number of anilines is 1. The van der Waals surface area contributed by atoms with Gasteiger partial charge >= 0.3 is 6.01 Å². The number of aromatic nitrogens is 2. The van der Waals surface area contributed by atoms with E-state index >= 15 is 0 Å². The minimum atomic E-state index is -0.426. The molecule has 2 amide bonds. The fourth-order valence-corrected chi connectivity index (χ4v) is 4.86. The van der Waals surface area contributed by atoms with Crippen LogP contribution in [0.3, 0.4) is 0 Å². The monoisotopic (exact) mass is 496 g/mol. The molecule has 1 aromatic heterocycles. The van der Waals surface area contributed by atoms with E-state index in [1.807, 2.05) is 11.8 Å². The first-order chi connectivity index (χ1) is 17.0. The molecule has 0 bridgehead atoms. The van der Waals surface area contributed by atoms with E-state index < -0.39 is 6.04 Å². The minimum absolute atomic E-state index is 0.176. The minimum Gasteiger partial charge on any atom is -0.425 e. The molecular formula is C26H26ClFN4O3. The number of halogens is 2. The van der Waals surface area contributed by atoms with Crippen molar-refractivity contribution in [2.45, 2.75) is 45.2 Å². The van der Waals surface area contributed by atoms with E-state index in [1.54, 1.807) is 41.0 Å². The summed E-state index contributed by atoms with van der Waals surface area (Å²) in [6, 6.07) is 12.8. The number of rotatable bonds is 7. The summed E-state index contributed by atoms with van der Waals surface area (Å²) in [5, 5.41) is 0.507. The highest BCUT2D eigenvalue weighted by Crippen LogP contribution is 2.38. The molecule has 0 aliphatic carbocycles. The fraction of sp³-hybridized carbons (Fsp3) is 0.346. The van der Waals surface area contributed by atoms with Gasteiger partial charge in [0, 0.05) is 18.1 Å². The number of hydrogen-bond donors (Lipinski definition) is 0. The van der Waals surface area contributed by atoms with Crippen molar-refractivity contribution in [1.29, 1.82) is 0 Å². The Morgan fingerprint density at radius 1 is 1.17 bits per heavy atom. The maximum atomic E-state index is 13.9. The number of imidazole rings is 1. The molecule has 1 atom stereocenters. The van der Waals surface area contributed by atoms with Crippen molar-refractivity contribution in [3.8, 4) is 11.8 Å². The van der Waals surface area contributed by atoms with Crippen molar-refractivity contribution in [1.82, 2.24) is 14.5 Å². The van der Waals surface area contributed by atoms with Crippen LogP contribution in [0.2, 0.25) is 5.02 Å². The number of imide groups is 1. The summed E-state index contributed by atoms with van der Waals surface area (Å²) in [7, 11) is 0. The molecule has 5 rings (SSSR count). The zero-order valence-electron chi connectivity index (χ0n) is 19.4. The summed E-state index contributed by atoms with van der Waals surface area (Å²) in [6.45, 7) is 3.22. The van der Waals surface area contributed by atoms with Gasteiger partial charge in [0.1, 0.15) is 17.6 Å². The molecule has 0 radical (unpaired) electrons. The zero-order valence-corrected chi connectivity index (χ0v) is 20.2. The summed E-state index contributed by atoms with van der Waals surface area (Å²) >= 11 is 6.15. The number of amides is 2. The molecule has 35 heavy (non-hydrogen) atoms. The van der Waals surface area contributed by atoms with E-state index in [-0.39, 0.29) is 30.2 Å². The SMILES string of the molecule is CCCCN1C(=O)c2c(nc(Oc3cccc(Cl)c3)n2Cc2ccc(F)cc2)N2CCCC2C1=O. The van der Waals surface area contributed by atoms with Crippen LogP contribution in [-0.2, 0) is 11.3 Å². The molecule has 0 saturated carbocycles. The first-order valence-electron chi connectivity index (χ1n) is 11.9. The number of unbranched alkanes of at least 4 members (excludes halogenated alkanes) is 1. The molecule has 3 heterocycles. The van der Waals surface area contributed by atoms with Gasteiger partial charge in [0.15, 0.2) is 11.5 Å². The second kappa shape index (κ2) is 9.70. The Hall–Kier alpha value is -3.39. The van der Waals surface area contributed by atoms with E-state index in [1.165, 1.54) is 17.0 Å². The van der Waals surface area contributed by atoms with Crippen LogP contribution >= 0.6 is 11.6 Å². The Labute approximate surface area is 208 Å². The van der Waals surface area contributed by atoms with Gasteiger partial charge in [-0.1, -0.05) is 43.1 Å². The van der Waals surface area contributed by atoms with Gasteiger partial charge in [-0.05, 0) is 55.2 Å². The predicted octanol–water partition coefficient (Wildman–Crippen LogP) is 5.27. The summed E-state index contributed by atoms with van der Waals surface area (Å²) in [5.41, 5.74) is 1.07. The lowest BCUT2D eigenvalue weighted by molar-refractivity contribution is -0.129. The second-order valence-electron chi connectivity index (χ2n) is 8.84. The van der Waals surface area contributed by atoms with Crippen molar-refractivity contribution < 1.29 is 18.7 Å². The third kappa shape index (κ3) is 4.50. The van der Waals surface area contributed by atoms with E-state index in [9.17, 15) is 14.0 Å². The first kappa shape index (κ1) is 23.4. The number of ether oxygens (including phenoxy) is 1. The van der Waals surface area contributed by atoms with Crippen molar-refractivity contribution in [3.63, 3.8) is 0 Å². The average Bonchev–Trinajstić information content (AvgIpc) is 3.44. The lowest BCUT2D eigenvalue weighted by Crippen LogP contribution is -2.46. The maximum Gasteiger partial charge on any atom is 0.304 e. The van der Waals surface area contributed by atoms with Crippen molar-refractivity contribution >= 4 is 29.2 Å². The van der Waals surface area contributed by atoms with Gasteiger partial charge in [0.25, 0.3) is 11.8 Å². The molecule has 0 spiro atoms. The first-order valence-corrected chi connectivity index (χ1v) is 12.2. The van der Waals surface area contributed by atoms with Gasteiger partial charge in [-0.2, -0.15) is 4.98 Å². The number of benzene rings is 2.